The maximum atomic E-state index is 12.0. The van der Waals surface area contributed by atoms with Crippen LogP contribution >= 0.6 is 0 Å². The van der Waals surface area contributed by atoms with Crippen LogP contribution in [-0.2, 0) is 4.79 Å². The van der Waals surface area contributed by atoms with Crippen LogP contribution in [0.25, 0.3) is 0 Å². The SMILES string of the molecule is CN1CCC(N(C)C(=O)CNCC2CC2)CC1. The number of hydrogen-bond acceptors (Lipinski definition) is 3. The minimum atomic E-state index is 0.250. The lowest BCUT2D eigenvalue weighted by atomic mass is 10.0. The zero-order valence-electron chi connectivity index (χ0n) is 11.1. The van der Waals surface area contributed by atoms with E-state index in [9.17, 15) is 4.79 Å². The Hall–Kier alpha value is -0.610. The molecule has 1 saturated carbocycles. The second kappa shape index (κ2) is 5.83. The van der Waals surface area contributed by atoms with Gasteiger partial charge in [0, 0.05) is 13.1 Å². The van der Waals surface area contributed by atoms with Crippen molar-refractivity contribution in [3.05, 3.63) is 0 Å². The molecule has 1 aliphatic carbocycles. The van der Waals surface area contributed by atoms with Gasteiger partial charge in [0.25, 0.3) is 0 Å². The highest BCUT2D eigenvalue weighted by molar-refractivity contribution is 5.78. The van der Waals surface area contributed by atoms with Crippen molar-refractivity contribution in [2.24, 2.45) is 5.92 Å². The molecule has 2 fully saturated rings. The summed E-state index contributed by atoms with van der Waals surface area (Å²) >= 11 is 0. The molecule has 1 aliphatic heterocycles. The van der Waals surface area contributed by atoms with Crippen molar-refractivity contribution >= 4 is 5.91 Å². The fourth-order valence-electron chi connectivity index (χ4n) is 2.42. The average molecular weight is 239 g/mol. The first kappa shape index (κ1) is 12.8. The molecule has 0 radical (unpaired) electrons. The molecule has 1 saturated heterocycles. The van der Waals surface area contributed by atoms with Gasteiger partial charge in [-0.05, 0) is 58.3 Å². The van der Waals surface area contributed by atoms with E-state index >= 15 is 0 Å². The second-order valence-corrected chi connectivity index (χ2v) is 5.61. The average Bonchev–Trinajstić information content (AvgIpc) is 3.13. The van der Waals surface area contributed by atoms with Crippen LogP contribution in [0.3, 0.4) is 0 Å². The van der Waals surface area contributed by atoms with Gasteiger partial charge in [0.05, 0.1) is 6.54 Å². The number of rotatable bonds is 5. The number of likely N-dealkylation sites (tertiary alicyclic amines) is 1. The first-order valence-electron chi connectivity index (χ1n) is 6.81. The van der Waals surface area contributed by atoms with E-state index in [4.69, 9.17) is 0 Å². The minimum absolute atomic E-state index is 0.250. The van der Waals surface area contributed by atoms with Crippen molar-refractivity contribution in [1.82, 2.24) is 15.1 Å². The third-order valence-corrected chi connectivity index (χ3v) is 4.04. The number of hydrogen-bond donors (Lipinski definition) is 1. The molecular weight excluding hydrogens is 214 g/mol. The normalized spacial score (nSPS) is 22.7. The number of amides is 1. The van der Waals surface area contributed by atoms with Crippen molar-refractivity contribution in [2.75, 3.05) is 40.3 Å². The van der Waals surface area contributed by atoms with Gasteiger partial charge in [0.15, 0.2) is 0 Å². The van der Waals surface area contributed by atoms with E-state index in [1.807, 2.05) is 11.9 Å². The van der Waals surface area contributed by atoms with Crippen molar-refractivity contribution in [3.8, 4) is 0 Å². The summed E-state index contributed by atoms with van der Waals surface area (Å²) in [6, 6.07) is 0.446. The molecule has 98 valence electrons. The maximum Gasteiger partial charge on any atom is 0.236 e. The lowest BCUT2D eigenvalue weighted by Gasteiger charge is -2.35. The summed E-state index contributed by atoms with van der Waals surface area (Å²) in [6.45, 7) is 3.75. The summed E-state index contributed by atoms with van der Waals surface area (Å²) < 4.78 is 0. The van der Waals surface area contributed by atoms with Crippen LogP contribution in [0, 0.1) is 5.92 Å². The predicted molar refractivity (Wildman–Crippen MR) is 68.9 cm³/mol. The summed E-state index contributed by atoms with van der Waals surface area (Å²) in [7, 11) is 4.10. The van der Waals surface area contributed by atoms with Crippen molar-refractivity contribution in [3.63, 3.8) is 0 Å². The minimum Gasteiger partial charge on any atom is -0.342 e. The molecule has 0 aromatic carbocycles. The molecule has 0 aromatic heterocycles. The highest BCUT2D eigenvalue weighted by Crippen LogP contribution is 2.27. The summed E-state index contributed by atoms with van der Waals surface area (Å²) in [6.07, 6.45) is 4.90. The Labute approximate surface area is 104 Å². The lowest BCUT2D eigenvalue weighted by Crippen LogP contribution is -2.47. The van der Waals surface area contributed by atoms with E-state index in [1.165, 1.54) is 12.8 Å². The fraction of sp³-hybridized carbons (Fsp3) is 0.923. The molecule has 1 amide bonds. The lowest BCUT2D eigenvalue weighted by molar-refractivity contribution is -0.131. The summed E-state index contributed by atoms with van der Waals surface area (Å²) in [5, 5.41) is 3.27. The highest BCUT2D eigenvalue weighted by atomic mass is 16.2. The van der Waals surface area contributed by atoms with Gasteiger partial charge < -0.3 is 15.1 Å². The number of nitrogens with one attached hydrogen (secondary N) is 1. The van der Waals surface area contributed by atoms with Crippen LogP contribution < -0.4 is 5.32 Å². The van der Waals surface area contributed by atoms with Crippen LogP contribution in [-0.4, -0.2) is 62.0 Å². The molecule has 2 aliphatic rings. The molecule has 0 bridgehead atoms. The van der Waals surface area contributed by atoms with Crippen LogP contribution in [0.5, 0.6) is 0 Å². The number of likely N-dealkylation sites (N-methyl/N-ethyl adjacent to an activating group) is 1. The molecule has 4 heteroatoms. The number of carbonyl (C=O) groups excluding carboxylic acids is 1. The van der Waals surface area contributed by atoms with Crippen LogP contribution in [0.15, 0.2) is 0 Å². The first-order chi connectivity index (χ1) is 8.16. The topological polar surface area (TPSA) is 35.6 Å². The Kier molecular flexibility index (Phi) is 4.40. The molecule has 0 unspecified atom stereocenters. The fourth-order valence-corrected chi connectivity index (χ4v) is 2.42. The molecule has 17 heavy (non-hydrogen) atoms. The molecule has 0 spiro atoms. The van der Waals surface area contributed by atoms with E-state index < -0.39 is 0 Å². The molecule has 4 nitrogen and oxygen atoms in total. The van der Waals surface area contributed by atoms with E-state index in [-0.39, 0.29) is 5.91 Å². The zero-order valence-corrected chi connectivity index (χ0v) is 11.1. The van der Waals surface area contributed by atoms with Crippen molar-refractivity contribution in [1.29, 1.82) is 0 Å². The molecule has 1 heterocycles. The number of carbonyl (C=O) groups is 1. The third kappa shape index (κ3) is 3.96. The third-order valence-electron chi connectivity index (χ3n) is 4.04. The van der Waals surface area contributed by atoms with E-state index in [2.05, 4.69) is 17.3 Å². The van der Waals surface area contributed by atoms with Gasteiger partial charge in [-0.2, -0.15) is 0 Å². The predicted octanol–water partition coefficient (Wildman–Crippen LogP) is 0.539. The monoisotopic (exact) mass is 239 g/mol. The van der Waals surface area contributed by atoms with Gasteiger partial charge in [-0.15, -0.1) is 0 Å². The van der Waals surface area contributed by atoms with Crippen molar-refractivity contribution in [2.45, 2.75) is 31.7 Å². The van der Waals surface area contributed by atoms with Gasteiger partial charge in [-0.3, -0.25) is 4.79 Å². The van der Waals surface area contributed by atoms with Gasteiger partial charge >= 0.3 is 0 Å². The van der Waals surface area contributed by atoms with Crippen LogP contribution in [0.2, 0.25) is 0 Å². The van der Waals surface area contributed by atoms with Gasteiger partial charge in [-0.1, -0.05) is 0 Å². The van der Waals surface area contributed by atoms with E-state index in [1.54, 1.807) is 0 Å². The molecule has 0 atom stereocenters. The zero-order chi connectivity index (χ0) is 12.3. The molecule has 1 N–H and O–H groups in total. The highest BCUT2D eigenvalue weighted by Gasteiger charge is 2.24. The van der Waals surface area contributed by atoms with E-state index in [0.717, 1.165) is 38.4 Å². The van der Waals surface area contributed by atoms with Crippen LogP contribution in [0.4, 0.5) is 0 Å². The Morgan fingerprint density at radius 2 is 1.94 bits per heavy atom. The summed E-state index contributed by atoms with van der Waals surface area (Å²) in [5.41, 5.74) is 0. The summed E-state index contributed by atoms with van der Waals surface area (Å²) in [5.74, 6) is 1.09. The Morgan fingerprint density at radius 3 is 2.53 bits per heavy atom. The Bertz CT molecular complexity index is 257. The van der Waals surface area contributed by atoms with Gasteiger partial charge in [0.2, 0.25) is 5.91 Å². The molecular formula is C13H25N3O. The van der Waals surface area contributed by atoms with E-state index in [0.29, 0.717) is 12.6 Å². The van der Waals surface area contributed by atoms with Gasteiger partial charge in [0.1, 0.15) is 0 Å². The molecule has 0 aromatic rings. The largest absolute Gasteiger partial charge is 0.342 e. The molecule has 2 rings (SSSR count). The summed E-state index contributed by atoms with van der Waals surface area (Å²) in [4.78, 5) is 16.3. The first-order valence-corrected chi connectivity index (χ1v) is 6.81. The van der Waals surface area contributed by atoms with Gasteiger partial charge in [-0.25, -0.2) is 0 Å². The second-order valence-electron chi connectivity index (χ2n) is 5.61. The number of nitrogens with zero attached hydrogens (tertiary/aromatic N) is 2. The quantitative estimate of drug-likeness (QED) is 0.760. The Balaban J connectivity index is 1.66. The smallest absolute Gasteiger partial charge is 0.236 e. The Morgan fingerprint density at radius 1 is 1.29 bits per heavy atom. The van der Waals surface area contributed by atoms with Crippen molar-refractivity contribution < 1.29 is 4.79 Å². The maximum absolute atomic E-state index is 12.0. The standard InChI is InChI=1S/C13H25N3O/c1-15-7-5-12(6-8-15)16(2)13(17)10-14-9-11-3-4-11/h11-12,14H,3-10H2,1-2H3. The number of piperidine rings is 1. The van der Waals surface area contributed by atoms with Crippen LogP contribution in [0.1, 0.15) is 25.7 Å².